The fraction of sp³-hybridized carbons (Fsp3) is 0.440. The van der Waals surface area contributed by atoms with Gasteiger partial charge in [-0.25, -0.2) is 4.39 Å². The topological polar surface area (TPSA) is 49.4 Å². The molecule has 5 heteroatoms. The second-order valence-corrected chi connectivity index (χ2v) is 8.63. The minimum absolute atomic E-state index is 0.0623. The molecule has 30 heavy (non-hydrogen) atoms. The predicted molar refractivity (Wildman–Crippen MR) is 119 cm³/mol. The number of carbonyl (C=O) groups excluding carboxylic acids is 2. The molecule has 0 fully saturated rings. The van der Waals surface area contributed by atoms with Gasteiger partial charge in [0.25, 0.3) is 0 Å². The minimum atomic E-state index is -0.680. The summed E-state index contributed by atoms with van der Waals surface area (Å²) in [7, 11) is 0. The van der Waals surface area contributed by atoms with Crippen LogP contribution in [0.1, 0.15) is 57.7 Å². The normalized spacial score (nSPS) is 12.3. The van der Waals surface area contributed by atoms with Gasteiger partial charge < -0.3 is 10.2 Å². The van der Waals surface area contributed by atoms with E-state index in [4.69, 9.17) is 0 Å². The van der Waals surface area contributed by atoms with Crippen LogP contribution in [0.2, 0.25) is 0 Å². The highest BCUT2D eigenvalue weighted by atomic mass is 19.1. The van der Waals surface area contributed by atoms with Crippen LogP contribution in [-0.2, 0) is 28.0 Å². The van der Waals surface area contributed by atoms with E-state index in [1.54, 1.807) is 25.1 Å². The van der Waals surface area contributed by atoms with E-state index in [-0.39, 0.29) is 36.0 Å². The Morgan fingerprint density at radius 1 is 1.07 bits per heavy atom. The summed E-state index contributed by atoms with van der Waals surface area (Å²) < 4.78 is 14.2. The summed E-state index contributed by atoms with van der Waals surface area (Å²) in [5.41, 5.74) is 2.78. The number of likely N-dealkylation sites (N-methyl/N-ethyl adjacent to an activating group) is 1. The second-order valence-electron chi connectivity index (χ2n) is 8.63. The largest absolute Gasteiger partial charge is 0.355 e. The molecule has 2 aromatic rings. The summed E-state index contributed by atoms with van der Waals surface area (Å²) in [6, 6.07) is 13.9. The highest BCUT2D eigenvalue weighted by Crippen LogP contribution is 2.23. The third kappa shape index (κ3) is 6.41. The zero-order valence-corrected chi connectivity index (χ0v) is 18.7. The lowest BCUT2D eigenvalue weighted by atomic mass is 9.86. The van der Waals surface area contributed by atoms with Crippen molar-refractivity contribution in [1.82, 2.24) is 10.2 Å². The maximum atomic E-state index is 14.2. The summed E-state index contributed by atoms with van der Waals surface area (Å²) in [5.74, 6) is -0.787. The first-order chi connectivity index (χ1) is 14.1. The van der Waals surface area contributed by atoms with Crippen molar-refractivity contribution in [2.45, 2.75) is 65.5 Å². The lowest BCUT2D eigenvalue weighted by molar-refractivity contribution is -0.140. The Morgan fingerprint density at radius 3 is 2.27 bits per heavy atom. The first-order valence-electron chi connectivity index (χ1n) is 10.5. The number of hydrogen-bond acceptors (Lipinski definition) is 2. The average molecular weight is 413 g/mol. The van der Waals surface area contributed by atoms with Gasteiger partial charge in [-0.1, -0.05) is 63.2 Å². The van der Waals surface area contributed by atoms with Crippen LogP contribution in [0.3, 0.4) is 0 Å². The molecule has 0 radical (unpaired) electrons. The summed E-state index contributed by atoms with van der Waals surface area (Å²) in [6.45, 7) is 10.5. The highest BCUT2D eigenvalue weighted by molar-refractivity contribution is 5.87. The molecule has 0 bridgehead atoms. The summed E-state index contributed by atoms with van der Waals surface area (Å²) in [5, 5.41) is 2.75. The number of rotatable bonds is 8. The van der Waals surface area contributed by atoms with Crippen molar-refractivity contribution < 1.29 is 14.0 Å². The Bertz CT molecular complexity index is 856. The molecule has 0 heterocycles. The SMILES string of the molecule is CCNC(=O)[C@H](C)N(Cc1ccccc1F)C(=O)CCc1ccc(C(C)(C)C)cc1. The standard InChI is InChI=1S/C25H33FN2O2/c1-6-27-24(30)18(2)28(17-20-9-7-8-10-22(20)26)23(29)16-13-19-11-14-21(15-12-19)25(3,4)5/h7-12,14-15,18H,6,13,16-17H2,1-5H3,(H,27,30)/t18-/m0/s1. The van der Waals surface area contributed by atoms with Crippen LogP contribution >= 0.6 is 0 Å². The van der Waals surface area contributed by atoms with Gasteiger partial charge in [-0.05, 0) is 42.9 Å². The van der Waals surface area contributed by atoms with E-state index in [9.17, 15) is 14.0 Å². The van der Waals surface area contributed by atoms with Crippen LogP contribution in [0, 0.1) is 5.82 Å². The van der Waals surface area contributed by atoms with Gasteiger partial charge in [0.1, 0.15) is 11.9 Å². The molecule has 0 aliphatic carbocycles. The van der Waals surface area contributed by atoms with Gasteiger partial charge in [-0.3, -0.25) is 9.59 Å². The number of benzene rings is 2. The third-order valence-corrected chi connectivity index (χ3v) is 5.26. The maximum Gasteiger partial charge on any atom is 0.242 e. The molecule has 0 aliphatic rings. The van der Waals surface area contributed by atoms with Gasteiger partial charge in [-0.15, -0.1) is 0 Å². The third-order valence-electron chi connectivity index (χ3n) is 5.26. The molecule has 0 unspecified atom stereocenters. The van der Waals surface area contributed by atoms with Crippen LogP contribution in [0.25, 0.3) is 0 Å². The van der Waals surface area contributed by atoms with Gasteiger partial charge in [0.05, 0.1) is 0 Å². The molecule has 0 aliphatic heterocycles. The van der Waals surface area contributed by atoms with Crippen molar-refractivity contribution in [1.29, 1.82) is 0 Å². The molecule has 0 saturated carbocycles. The zero-order chi connectivity index (χ0) is 22.3. The van der Waals surface area contributed by atoms with E-state index >= 15 is 0 Å². The maximum absolute atomic E-state index is 14.2. The minimum Gasteiger partial charge on any atom is -0.355 e. The predicted octanol–water partition coefficient (Wildman–Crippen LogP) is 4.61. The van der Waals surface area contributed by atoms with E-state index < -0.39 is 6.04 Å². The summed E-state index contributed by atoms with van der Waals surface area (Å²) in [6.07, 6.45) is 0.826. The molecular weight excluding hydrogens is 379 g/mol. The van der Waals surface area contributed by atoms with Crippen LogP contribution in [0.4, 0.5) is 4.39 Å². The zero-order valence-electron chi connectivity index (χ0n) is 18.7. The van der Waals surface area contributed by atoms with E-state index in [1.807, 2.05) is 19.1 Å². The monoisotopic (exact) mass is 412 g/mol. The fourth-order valence-electron chi connectivity index (χ4n) is 3.28. The molecule has 1 N–H and O–H groups in total. The van der Waals surface area contributed by atoms with Crippen LogP contribution < -0.4 is 5.32 Å². The fourth-order valence-corrected chi connectivity index (χ4v) is 3.28. The van der Waals surface area contributed by atoms with Crippen LogP contribution in [0.15, 0.2) is 48.5 Å². The quantitative estimate of drug-likeness (QED) is 0.688. The van der Waals surface area contributed by atoms with E-state index in [1.165, 1.54) is 16.5 Å². The van der Waals surface area contributed by atoms with Gasteiger partial charge in [-0.2, -0.15) is 0 Å². The molecule has 2 aromatic carbocycles. The Labute approximate surface area is 179 Å². The number of nitrogens with one attached hydrogen (secondary N) is 1. The number of halogens is 1. The Hall–Kier alpha value is -2.69. The van der Waals surface area contributed by atoms with Crippen molar-refractivity contribution in [3.8, 4) is 0 Å². The second kappa shape index (κ2) is 10.4. The molecule has 2 amide bonds. The Morgan fingerprint density at radius 2 is 1.70 bits per heavy atom. The van der Waals surface area contributed by atoms with E-state index in [0.29, 0.717) is 18.5 Å². The first kappa shape index (κ1) is 23.6. The van der Waals surface area contributed by atoms with E-state index in [0.717, 1.165) is 5.56 Å². The molecular formula is C25H33FN2O2. The smallest absolute Gasteiger partial charge is 0.242 e. The van der Waals surface area contributed by atoms with Crippen molar-refractivity contribution in [2.75, 3.05) is 6.54 Å². The van der Waals surface area contributed by atoms with Crippen molar-refractivity contribution in [3.63, 3.8) is 0 Å². The molecule has 162 valence electrons. The number of hydrogen-bond donors (Lipinski definition) is 1. The van der Waals surface area contributed by atoms with Gasteiger partial charge in [0.15, 0.2) is 0 Å². The molecule has 0 spiro atoms. The van der Waals surface area contributed by atoms with Crippen molar-refractivity contribution in [3.05, 3.63) is 71.0 Å². The van der Waals surface area contributed by atoms with Crippen LogP contribution in [0.5, 0.6) is 0 Å². The van der Waals surface area contributed by atoms with E-state index in [2.05, 4.69) is 38.2 Å². The molecule has 1 atom stereocenters. The molecule has 4 nitrogen and oxygen atoms in total. The average Bonchev–Trinajstić information content (AvgIpc) is 2.70. The Balaban J connectivity index is 2.13. The number of nitrogens with zero attached hydrogens (tertiary/aromatic N) is 1. The van der Waals surface area contributed by atoms with Crippen LogP contribution in [-0.4, -0.2) is 29.3 Å². The first-order valence-corrected chi connectivity index (χ1v) is 10.5. The van der Waals surface area contributed by atoms with Crippen molar-refractivity contribution >= 4 is 11.8 Å². The van der Waals surface area contributed by atoms with Gasteiger partial charge in [0, 0.05) is 25.1 Å². The molecule has 2 rings (SSSR count). The molecule has 0 saturated heterocycles. The lowest BCUT2D eigenvalue weighted by Crippen LogP contribution is -2.47. The highest BCUT2D eigenvalue weighted by Gasteiger charge is 2.26. The van der Waals surface area contributed by atoms with Gasteiger partial charge >= 0.3 is 0 Å². The summed E-state index contributed by atoms with van der Waals surface area (Å²) >= 11 is 0. The summed E-state index contributed by atoms with van der Waals surface area (Å²) in [4.78, 5) is 26.9. The Kier molecular flexibility index (Phi) is 8.16. The van der Waals surface area contributed by atoms with Crippen molar-refractivity contribution in [2.24, 2.45) is 0 Å². The number of carbonyl (C=O) groups is 2. The number of aryl methyl sites for hydroxylation is 1. The van der Waals surface area contributed by atoms with Gasteiger partial charge in [0.2, 0.25) is 11.8 Å². The lowest BCUT2D eigenvalue weighted by Gasteiger charge is -2.29. The molecule has 0 aromatic heterocycles. The number of amides is 2.